The number of carbonyl (C=O) groups is 3. The molecular weight excluding hydrogens is 404 g/mol. The third-order valence-electron chi connectivity index (χ3n) is 5.41. The van der Waals surface area contributed by atoms with E-state index in [0.29, 0.717) is 43.0 Å². The number of nitrogens with one attached hydrogen (secondary N) is 1. The van der Waals surface area contributed by atoms with Crippen LogP contribution >= 0.6 is 0 Å². The Bertz CT molecular complexity index is 1050. The zero-order valence-corrected chi connectivity index (χ0v) is 17.8. The Balaban J connectivity index is 1.66. The molecule has 0 saturated carbocycles. The first-order valence-electron chi connectivity index (χ1n) is 9.96. The standard InChI is InChI=1S/C20H24N6O5/c1-19(2,3)31-18(29)25-9-7-20(8-10-25)17-22-23-24-26(17)14-11-12(16(28)30-4)5-6-13(14)15(27)21-20/h5-6,11H,7-10H2,1-4H3,(H,21,27). The fourth-order valence-electron chi connectivity index (χ4n) is 3.88. The number of piperidine rings is 1. The van der Waals surface area contributed by atoms with Gasteiger partial charge in [-0.05, 0) is 62.2 Å². The maximum Gasteiger partial charge on any atom is 0.410 e. The number of methoxy groups -OCH3 is 1. The lowest BCUT2D eigenvalue weighted by Crippen LogP contribution is -2.54. The van der Waals surface area contributed by atoms with Gasteiger partial charge in [0, 0.05) is 13.1 Å². The lowest BCUT2D eigenvalue weighted by atomic mass is 9.86. The van der Waals surface area contributed by atoms with Crippen molar-refractivity contribution in [3.8, 4) is 5.69 Å². The molecule has 0 aliphatic carbocycles. The second kappa shape index (κ2) is 7.33. The maximum atomic E-state index is 13.1. The summed E-state index contributed by atoms with van der Waals surface area (Å²) >= 11 is 0. The Morgan fingerprint density at radius 3 is 2.55 bits per heavy atom. The highest BCUT2D eigenvalue weighted by Crippen LogP contribution is 2.36. The van der Waals surface area contributed by atoms with Gasteiger partial charge in [0.05, 0.1) is 23.9 Å². The topological polar surface area (TPSA) is 129 Å². The van der Waals surface area contributed by atoms with E-state index < -0.39 is 23.2 Å². The third kappa shape index (κ3) is 3.71. The molecule has 0 atom stereocenters. The van der Waals surface area contributed by atoms with Crippen molar-refractivity contribution in [2.24, 2.45) is 0 Å². The number of hydrogen-bond donors (Lipinski definition) is 1. The Kier molecular flexibility index (Phi) is 4.91. The highest BCUT2D eigenvalue weighted by molar-refractivity contribution is 6.00. The molecule has 2 aliphatic heterocycles. The number of tetrazole rings is 1. The summed E-state index contributed by atoms with van der Waals surface area (Å²) < 4.78 is 11.7. The van der Waals surface area contributed by atoms with Crippen LogP contribution < -0.4 is 5.32 Å². The number of fused-ring (bicyclic) bond motifs is 4. The number of hydrogen-bond acceptors (Lipinski definition) is 8. The van der Waals surface area contributed by atoms with Gasteiger partial charge in [-0.2, -0.15) is 4.68 Å². The van der Waals surface area contributed by atoms with Crippen molar-refractivity contribution in [1.29, 1.82) is 0 Å². The number of likely N-dealkylation sites (tertiary alicyclic amines) is 1. The van der Waals surface area contributed by atoms with E-state index in [9.17, 15) is 14.4 Å². The van der Waals surface area contributed by atoms with Crippen molar-refractivity contribution in [3.63, 3.8) is 0 Å². The molecule has 0 unspecified atom stereocenters. The van der Waals surface area contributed by atoms with Gasteiger partial charge >= 0.3 is 12.1 Å². The molecule has 2 aromatic rings. The summed E-state index contributed by atoms with van der Waals surface area (Å²) in [5.74, 6) is -0.391. The highest BCUT2D eigenvalue weighted by atomic mass is 16.6. The first kappa shape index (κ1) is 20.8. The molecule has 1 spiro atoms. The van der Waals surface area contributed by atoms with Crippen LogP contribution in [0.4, 0.5) is 4.79 Å². The second-order valence-corrected chi connectivity index (χ2v) is 8.64. The van der Waals surface area contributed by atoms with Crippen LogP contribution in [0.1, 0.15) is 60.2 Å². The number of nitrogens with zero attached hydrogens (tertiary/aromatic N) is 5. The molecule has 3 heterocycles. The van der Waals surface area contributed by atoms with E-state index in [4.69, 9.17) is 9.47 Å². The summed E-state index contributed by atoms with van der Waals surface area (Å²) in [6.45, 7) is 6.18. The number of ether oxygens (including phenoxy) is 2. The molecule has 0 bridgehead atoms. The van der Waals surface area contributed by atoms with Crippen LogP contribution in [0.3, 0.4) is 0 Å². The minimum atomic E-state index is -0.858. The van der Waals surface area contributed by atoms with E-state index in [1.807, 2.05) is 20.8 Å². The second-order valence-electron chi connectivity index (χ2n) is 8.64. The minimum Gasteiger partial charge on any atom is -0.465 e. The number of benzene rings is 1. The highest BCUT2D eigenvalue weighted by Gasteiger charge is 2.46. The lowest BCUT2D eigenvalue weighted by molar-refractivity contribution is 0.0139. The van der Waals surface area contributed by atoms with Crippen molar-refractivity contribution >= 4 is 18.0 Å². The number of rotatable bonds is 1. The fraction of sp³-hybridized carbons (Fsp3) is 0.500. The van der Waals surface area contributed by atoms with E-state index in [1.165, 1.54) is 23.9 Å². The monoisotopic (exact) mass is 428 g/mol. The van der Waals surface area contributed by atoms with Crippen molar-refractivity contribution in [2.45, 2.75) is 44.8 Å². The van der Waals surface area contributed by atoms with Crippen molar-refractivity contribution < 1.29 is 23.9 Å². The van der Waals surface area contributed by atoms with Gasteiger partial charge in [0.25, 0.3) is 5.91 Å². The predicted octanol–water partition coefficient (Wildman–Crippen LogP) is 1.42. The van der Waals surface area contributed by atoms with Crippen molar-refractivity contribution in [2.75, 3.05) is 20.2 Å². The summed E-state index contributed by atoms with van der Waals surface area (Å²) in [6.07, 6.45) is 0.430. The van der Waals surface area contributed by atoms with Crippen LogP contribution in [-0.2, 0) is 15.0 Å². The third-order valence-corrected chi connectivity index (χ3v) is 5.41. The molecule has 1 fully saturated rings. The van der Waals surface area contributed by atoms with Gasteiger partial charge in [-0.15, -0.1) is 5.10 Å². The zero-order chi connectivity index (χ0) is 22.4. The van der Waals surface area contributed by atoms with Crippen LogP contribution in [0, 0.1) is 0 Å². The molecule has 164 valence electrons. The maximum absolute atomic E-state index is 13.1. The lowest BCUT2D eigenvalue weighted by Gasteiger charge is -2.40. The molecule has 1 aromatic heterocycles. The van der Waals surface area contributed by atoms with Gasteiger partial charge in [-0.1, -0.05) is 0 Å². The summed E-state index contributed by atoms with van der Waals surface area (Å²) in [4.78, 5) is 39.1. The summed E-state index contributed by atoms with van der Waals surface area (Å²) in [5.41, 5.74) is -0.430. The van der Waals surface area contributed by atoms with Gasteiger partial charge in [0.15, 0.2) is 5.82 Å². The van der Waals surface area contributed by atoms with Gasteiger partial charge < -0.3 is 19.7 Å². The zero-order valence-electron chi connectivity index (χ0n) is 17.8. The first-order chi connectivity index (χ1) is 14.6. The molecule has 11 heteroatoms. The first-order valence-corrected chi connectivity index (χ1v) is 9.96. The van der Waals surface area contributed by atoms with Crippen molar-refractivity contribution in [3.05, 3.63) is 35.2 Å². The number of amides is 2. The number of esters is 1. The van der Waals surface area contributed by atoms with E-state index in [1.54, 1.807) is 11.0 Å². The molecule has 0 radical (unpaired) electrons. The van der Waals surface area contributed by atoms with Crippen LogP contribution in [0.15, 0.2) is 18.2 Å². The van der Waals surface area contributed by atoms with Gasteiger partial charge in [-0.3, -0.25) is 4.79 Å². The summed E-state index contributed by atoms with van der Waals surface area (Å²) in [6, 6.07) is 4.62. The quantitative estimate of drug-likeness (QED) is 0.675. The SMILES string of the molecule is COC(=O)c1ccc2c(c1)-n1nnnc1C1(CCN(C(=O)OC(C)(C)C)CC1)NC2=O. The Morgan fingerprint density at radius 1 is 1.19 bits per heavy atom. The van der Waals surface area contributed by atoms with E-state index in [-0.39, 0.29) is 11.5 Å². The number of aromatic nitrogens is 4. The van der Waals surface area contributed by atoms with Crippen LogP contribution in [0.25, 0.3) is 5.69 Å². The van der Waals surface area contributed by atoms with E-state index >= 15 is 0 Å². The minimum absolute atomic E-state index is 0.284. The Labute approximate surface area is 178 Å². The van der Waals surface area contributed by atoms with Crippen molar-refractivity contribution in [1.82, 2.24) is 30.4 Å². The summed E-state index contributed by atoms with van der Waals surface area (Å²) in [7, 11) is 1.29. The van der Waals surface area contributed by atoms with Gasteiger partial charge in [-0.25, -0.2) is 9.59 Å². The molecular formula is C20H24N6O5. The molecule has 1 saturated heterocycles. The van der Waals surface area contributed by atoms with Crippen LogP contribution in [0.5, 0.6) is 0 Å². The predicted molar refractivity (Wildman–Crippen MR) is 107 cm³/mol. The smallest absolute Gasteiger partial charge is 0.410 e. The average Bonchev–Trinajstić information content (AvgIpc) is 3.19. The Morgan fingerprint density at radius 2 is 1.90 bits per heavy atom. The molecule has 11 nitrogen and oxygen atoms in total. The van der Waals surface area contributed by atoms with Gasteiger partial charge in [0.2, 0.25) is 0 Å². The molecule has 2 aliphatic rings. The van der Waals surface area contributed by atoms with E-state index in [2.05, 4.69) is 20.8 Å². The van der Waals surface area contributed by atoms with Crippen LogP contribution in [-0.4, -0.2) is 68.9 Å². The normalized spacial score (nSPS) is 17.3. The van der Waals surface area contributed by atoms with Crippen LogP contribution in [0.2, 0.25) is 0 Å². The number of carbonyl (C=O) groups excluding carboxylic acids is 3. The van der Waals surface area contributed by atoms with E-state index in [0.717, 1.165) is 0 Å². The molecule has 2 amide bonds. The summed E-state index contributed by atoms with van der Waals surface area (Å²) in [5, 5.41) is 15.1. The molecule has 31 heavy (non-hydrogen) atoms. The average molecular weight is 428 g/mol. The largest absolute Gasteiger partial charge is 0.465 e. The molecule has 1 N–H and O–H groups in total. The fourth-order valence-corrected chi connectivity index (χ4v) is 3.88. The molecule has 1 aromatic carbocycles. The Hall–Kier alpha value is -3.50. The van der Waals surface area contributed by atoms with Gasteiger partial charge in [0.1, 0.15) is 11.1 Å². The molecule has 4 rings (SSSR count).